The van der Waals surface area contributed by atoms with Crippen molar-refractivity contribution in [2.24, 2.45) is 0 Å². The molecule has 1 aliphatic heterocycles. The van der Waals surface area contributed by atoms with Crippen molar-refractivity contribution in [3.05, 3.63) is 81.8 Å². The van der Waals surface area contributed by atoms with E-state index in [1.165, 1.54) is 17.8 Å². The Bertz CT molecular complexity index is 1130. The molecule has 166 valence electrons. The first kappa shape index (κ1) is 21.7. The van der Waals surface area contributed by atoms with Crippen LogP contribution in [0.4, 0.5) is 17.3 Å². The van der Waals surface area contributed by atoms with Crippen LogP contribution in [0.5, 0.6) is 0 Å². The van der Waals surface area contributed by atoms with Gasteiger partial charge in [0, 0.05) is 61.9 Å². The lowest BCUT2D eigenvalue weighted by Gasteiger charge is -2.32. The molecule has 2 heterocycles. The van der Waals surface area contributed by atoms with Crippen LogP contribution in [0.2, 0.25) is 0 Å². The Morgan fingerprint density at radius 3 is 2.53 bits per heavy atom. The molecule has 3 aromatic rings. The Morgan fingerprint density at radius 1 is 1.06 bits per heavy atom. The summed E-state index contributed by atoms with van der Waals surface area (Å²) < 4.78 is 0. The lowest BCUT2D eigenvalue weighted by atomic mass is 10.1. The van der Waals surface area contributed by atoms with Crippen LogP contribution in [0, 0.1) is 6.92 Å². The van der Waals surface area contributed by atoms with Crippen molar-refractivity contribution < 1.29 is 4.79 Å². The molecule has 0 saturated carbocycles. The molecule has 1 amide bonds. The van der Waals surface area contributed by atoms with Crippen molar-refractivity contribution in [2.45, 2.75) is 13.5 Å². The number of aromatic nitrogens is 2. The van der Waals surface area contributed by atoms with E-state index in [1.807, 2.05) is 49.4 Å². The maximum atomic E-state index is 12.7. The summed E-state index contributed by atoms with van der Waals surface area (Å²) in [4.78, 5) is 35.7. The molecule has 2 aromatic carbocycles. The van der Waals surface area contributed by atoms with Gasteiger partial charge in [-0.25, -0.2) is 0 Å². The van der Waals surface area contributed by atoms with Crippen LogP contribution in [-0.2, 0) is 6.54 Å². The fourth-order valence-corrected chi connectivity index (χ4v) is 3.63. The van der Waals surface area contributed by atoms with E-state index in [-0.39, 0.29) is 11.5 Å². The highest BCUT2D eigenvalue weighted by molar-refractivity contribution is 6.04. The summed E-state index contributed by atoms with van der Waals surface area (Å²) in [5.41, 5.74) is 3.85. The SMILES string of the molecule is Cc1ccc(NC(=O)c2ccc(CN3CCN(C)CC3)cc2)cc1Nc1nc(=O)cc[nH]1. The molecule has 1 aliphatic rings. The van der Waals surface area contributed by atoms with Gasteiger partial charge >= 0.3 is 0 Å². The van der Waals surface area contributed by atoms with Gasteiger partial charge in [-0.3, -0.25) is 14.5 Å². The van der Waals surface area contributed by atoms with Crippen LogP contribution < -0.4 is 16.2 Å². The molecule has 32 heavy (non-hydrogen) atoms. The highest BCUT2D eigenvalue weighted by Gasteiger charge is 2.14. The van der Waals surface area contributed by atoms with Gasteiger partial charge < -0.3 is 20.5 Å². The predicted octanol–water partition coefficient (Wildman–Crippen LogP) is 2.82. The van der Waals surface area contributed by atoms with E-state index in [0.29, 0.717) is 17.2 Å². The normalized spacial score (nSPS) is 14.8. The van der Waals surface area contributed by atoms with Gasteiger partial charge in [0.1, 0.15) is 0 Å². The van der Waals surface area contributed by atoms with Crippen LogP contribution in [0.15, 0.2) is 59.5 Å². The minimum Gasteiger partial charge on any atom is -0.332 e. The summed E-state index contributed by atoms with van der Waals surface area (Å²) in [5, 5.41) is 6.03. The number of anilines is 3. The zero-order chi connectivity index (χ0) is 22.5. The molecule has 8 nitrogen and oxygen atoms in total. The number of carbonyl (C=O) groups excluding carboxylic acids is 1. The monoisotopic (exact) mass is 432 g/mol. The molecule has 0 radical (unpaired) electrons. The number of nitrogens with zero attached hydrogens (tertiary/aromatic N) is 3. The number of aryl methyl sites for hydroxylation is 1. The maximum absolute atomic E-state index is 12.7. The van der Waals surface area contributed by atoms with E-state index in [0.717, 1.165) is 44.0 Å². The smallest absolute Gasteiger partial charge is 0.274 e. The molecule has 3 N–H and O–H groups in total. The number of amides is 1. The number of H-pyrrole nitrogens is 1. The number of hydrogen-bond donors (Lipinski definition) is 3. The number of benzene rings is 2. The fourth-order valence-electron chi connectivity index (χ4n) is 3.63. The Balaban J connectivity index is 1.39. The number of aromatic amines is 1. The summed E-state index contributed by atoms with van der Waals surface area (Å²) in [6.45, 7) is 7.14. The molecule has 0 spiro atoms. The lowest BCUT2D eigenvalue weighted by Crippen LogP contribution is -2.43. The second-order valence-corrected chi connectivity index (χ2v) is 8.16. The average molecular weight is 433 g/mol. The average Bonchev–Trinajstić information content (AvgIpc) is 2.78. The molecule has 0 aliphatic carbocycles. The molecular formula is C24H28N6O2. The molecule has 8 heteroatoms. The standard InChI is InChI=1S/C24H28N6O2/c1-17-3-8-20(15-21(17)27-24-25-10-9-22(31)28-24)26-23(32)19-6-4-18(5-7-19)16-30-13-11-29(2)12-14-30/h3-10,15H,11-14,16H2,1-2H3,(H,26,32)(H2,25,27,28,31). The van der Waals surface area contributed by atoms with Crippen LogP contribution >= 0.6 is 0 Å². The van der Waals surface area contributed by atoms with Gasteiger partial charge in [-0.15, -0.1) is 0 Å². The predicted molar refractivity (Wildman–Crippen MR) is 126 cm³/mol. The maximum Gasteiger partial charge on any atom is 0.274 e. The molecule has 0 unspecified atom stereocenters. The largest absolute Gasteiger partial charge is 0.332 e. The minimum absolute atomic E-state index is 0.169. The Morgan fingerprint density at radius 2 is 1.81 bits per heavy atom. The third kappa shape index (κ3) is 5.60. The molecule has 0 atom stereocenters. The number of likely N-dealkylation sites (N-methyl/N-ethyl adjacent to an activating group) is 1. The summed E-state index contributed by atoms with van der Waals surface area (Å²) >= 11 is 0. The highest BCUT2D eigenvalue weighted by atomic mass is 16.1. The van der Waals surface area contributed by atoms with Crippen LogP contribution in [0.25, 0.3) is 0 Å². The lowest BCUT2D eigenvalue weighted by molar-refractivity contribution is 0.102. The van der Waals surface area contributed by atoms with E-state index in [4.69, 9.17) is 0 Å². The minimum atomic E-state index is -0.329. The number of nitrogens with one attached hydrogen (secondary N) is 3. The first-order valence-electron chi connectivity index (χ1n) is 10.7. The molecule has 1 aromatic heterocycles. The molecule has 0 bridgehead atoms. The number of piperazine rings is 1. The summed E-state index contributed by atoms with van der Waals surface area (Å²) in [7, 11) is 2.15. The van der Waals surface area contributed by atoms with Crippen molar-refractivity contribution >= 4 is 23.2 Å². The second kappa shape index (κ2) is 9.76. The van der Waals surface area contributed by atoms with E-state index < -0.39 is 0 Å². The fraction of sp³-hybridized carbons (Fsp3) is 0.292. The Hall–Kier alpha value is -3.49. The van der Waals surface area contributed by atoms with Gasteiger partial charge in [0.15, 0.2) is 0 Å². The van der Waals surface area contributed by atoms with E-state index in [1.54, 1.807) is 0 Å². The number of hydrogen-bond acceptors (Lipinski definition) is 6. The zero-order valence-corrected chi connectivity index (χ0v) is 18.4. The number of carbonyl (C=O) groups is 1. The third-order valence-corrected chi connectivity index (χ3v) is 5.63. The molecule has 4 rings (SSSR count). The third-order valence-electron chi connectivity index (χ3n) is 5.63. The van der Waals surface area contributed by atoms with Crippen molar-refractivity contribution in [2.75, 3.05) is 43.9 Å². The molecule has 1 saturated heterocycles. The summed E-state index contributed by atoms with van der Waals surface area (Å²) in [5.74, 6) is 0.178. The Labute approximate surface area is 187 Å². The number of rotatable bonds is 6. The van der Waals surface area contributed by atoms with E-state index >= 15 is 0 Å². The molecular weight excluding hydrogens is 404 g/mol. The van der Waals surface area contributed by atoms with Crippen LogP contribution in [0.1, 0.15) is 21.5 Å². The van der Waals surface area contributed by atoms with Crippen molar-refractivity contribution in [3.63, 3.8) is 0 Å². The molecule has 1 fully saturated rings. The summed E-state index contributed by atoms with van der Waals surface area (Å²) in [6.07, 6.45) is 1.53. The second-order valence-electron chi connectivity index (χ2n) is 8.16. The van der Waals surface area contributed by atoms with Crippen molar-refractivity contribution in [3.8, 4) is 0 Å². The first-order chi connectivity index (χ1) is 15.5. The van der Waals surface area contributed by atoms with Gasteiger partial charge in [0.05, 0.1) is 0 Å². The van der Waals surface area contributed by atoms with Gasteiger partial charge in [0.2, 0.25) is 5.95 Å². The first-order valence-corrected chi connectivity index (χ1v) is 10.7. The Kier molecular flexibility index (Phi) is 6.63. The highest BCUT2D eigenvalue weighted by Crippen LogP contribution is 2.23. The van der Waals surface area contributed by atoms with Crippen LogP contribution in [0.3, 0.4) is 0 Å². The topological polar surface area (TPSA) is 93.4 Å². The van der Waals surface area contributed by atoms with Gasteiger partial charge in [0.25, 0.3) is 11.5 Å². The quantitative estimate of drug-likeness (QED) is 0.555. The van der Waals surface area contributed by atoms with Gasteiger partial charge in [-0.1, -0.05) is 18.2 Å². The van der Waals surface area contributed by atoms with Crippen molar-refractivity contribution in [1.29, 1.82) is 0 Å². The van der Waals surface area contributed by atoms with Crippen molar-refractivity contribution in [1.82, 2.24) is 19.8 Å². The van der Waals surface area contributed by atoms with Gasteiger partial charge in [-0.2, -0.15) is 4.98 Å². The van der Waals surface area contributed by atoms with Crippen LogP contribution in [-0.4, -0.2) is 58.9 Å². The zero-order valence-electron chi connectivity index (χ0n) is 18.4. The van der Waals surface area contributed by atoms with E-state index in [9.17, 15) is 9.59 Å². The summed E-state index contributed by atoms with van der Waals surface area (Å²) in [6, 6.07) is 14.7. The van der Waals surface area contributed by atoms with E-state index in [2.05, 4.69) is 37.4 Å². The van der Waals surface area contributed by atoms with Gasteiger partial charge in [-0.05, 0) is 49.4 Å².